The van der Waals surface area contributed by atoms with E-state index >= 15 is 0 Å². The van der Waals surface area contributed by atoms with Crippen molar-refractivity contribution in [3.8, 4) is 0 Å². The molecule has 1 unspecified atom stereocenters. The molecule has 0 saturated carbocycles. The van der Waals surface area contributed by atoms with Crippen molar-refractivity contribution in [3.63, 3.8) is 0 Å². The molecule has 0 bridgehead atoms. The van der Waals surface area contributed by atoms with Crippen LogP contribution < -0.4 is 0 Å². The van der Waals surface area contributed by atoms with Crippen LogP contribution in [-0.2, 0) is 0 Å². The van der Waals surface area contributed by atoms with E-state index in [0.29, 0.717) is 5.25 Å². The van der Waals surface area contributed by atoms with Gasteiger partial charge in [-0.2, -0.15) is 0 Å². The van der Waals surface area contributed by atoms with Gasteiger partial charge in [0.15, 0.2) is 0 Å². The van der Waals surface area contributed by atoms with Crippen LogP contribution in [-0.4, -0.2) is 5.25 Å². The fourth-order valence-corrected chi connectivity index (χ4v) is 1.39. The van der Waals surface area contributed by atoms with Crippen LogP contribution in [0.4, 0.5) is 0 Å². The van der Waals surface area contributed by atoms with E-state index in [1.54, 1.807) is 0 Å². The first-order chi connectivity index (χ1) is 4.89. The van der Waals surface area contributed by atoms with Crippen molar-refractivity contribution in [2.45, 2.75) is 18.6 Å². The van der Waals surface area contributed by atoms with Gasteiger partial charge in [-0.3, -0.25) is 0 Å². The maximum Gasteiger partial charge on any atom is 0.0243 e. The molecule has 0 N–H and O–H groups in total. The molecule has 0 saturated heterocycles. The summed E-state index contributed by atoms with van der Waals surface area (Å²) in [5.41, 5.74) is 0. The third-order valence-corrected chi connectivity index (χ3v) is 2.23. The molecule has 0 aromatic rings. The number of hydrogen-bond donors (Lipinski definition) is 0. The summed E-state index contributed by atoms with van der Waals surface area (Å²) in [6.07, 6.45) is 11.8. The summed E-state index contributed by atoms with van der Waals surface area (Å²) in [6, 6.07) is 0. The highest BCUT2D eigenvalue weighted by Gasteiger charge is 1.91. The zero-order valence-electron chi connectivity index (χ0n) is 6.16. The van der Waals surface area contributed by atoms with Crippen LogP contribution >= 0.6 is 11.8 Å². The summed E-state index contributed by atoms with van der Waals surface area (Å²) in [5, 5.41) is 2.78. The second-order valence-corrected chi connectivity index (χ2v) is 3.55. The predicted molar refractivity (Wildman–Crippen MR) is 49.1 cm³/mol. The average molecular weight is 152 g/mol. The molecule has 0 spiro atoms. The van der Waals surface area contributed by atoms with Crippen LogP contribution in [0.3, 0.4) is 0 Å². The van der Waals surface area contributed by atoms with Crippen LogP contribution in [0.5, 0.6) is 0 Å². The Balaban J connectivity index is 2.54. The van der Waals surface area contributed by atoms with Crippen LogP contribution in [0.2, 0.25) is 0 Å². The monoisotopic (exact) mass is 152 g/mol. The van der Waals surface area contributed by atoms with Gasteiger partial charge in [0, 0.05) is 5.25 Å². The highest BCUT2D eigenvalue weighted by Crippen LogP contribution is 2.14. The second kappa shape index (κ2) is 4.40. The van der Waals surface area contributed by atoms with Crippen LogP contribution in [0, 0.1) is 0 Å². The minimum Gasteiger partial charge on any atom is -0.127 e. The molecular weight excluding hydrogens is 140 g/mol. The Labute approximate surface area is 66.7 Å². The molecule has 0 amide bonds. The second-order valence-electron chi connectivity index (χ2n) is 2.26. The van der Waals surface area contributed by atoms with Crippen LogP contribution in [0.1, 0.15) is 13.3 Å². The molecule has 1 aliphatic rings. The molecule has 0 nitrogen and oxygen atoms in total. The van der Waals surface area contributed by atoms with E-state index in [4.69, 9.17) is 0 Å². The Kier molecular flexibility index (Phi) is 3.37. The van der Waals surface area contributed by atoms with E-state index in [0.717, 1.165) is 6.42 Å². The van der Waals surface area contributed by atoms with E-state index < -0.39 is 0 Å². The van der Waals surface area contributed by atoms with E-state index in [1.165, 1.54) is 0 Å². The van der Waals surface area contributed by atoms with Crippen molar-refractivity contribution < 1.29 is 0 Å². The number of allylic oxidation sites excluding steroid dienone is 4. The standard InChI is InChI=1S/C9H12S/c1-9-7-5-3-2-4-6-8-10-9/h2-3,5-9H,4H2,1H3. The van der Waals surface area contributed by atoms with Gasteiger partial charge < -0.3 is 0 Å². The minimum atomic E-state index is 0.610. The summed E-state index contributed by atoms with van der Waals surface area (Å²) >= 11 is 1.86. The van der Waals surface area contributed by atoms with Crippen molar-refractivity contribution in [1.82, 2.24) is 0 Å². The first-order valence-corrected chi connectivity index (χ1v) is 4.47. The third kappa shape index (κ3) is 2.92. The first kappa shape index (κ1) is 7.67. The molecule has 10 heavy (non-hydrogen) atoms. The Hall–Kier alpha value is -0.430. The molecule has 0 aromatic heterocycles. The van der Waals surface area contributed by atoms with Gasteiger partial charge in [-0.15, -0.1) is 11.8 Å². The lowest BCUT2D eigenvalue weighted by Gasteiger charge is -1.97. The van der Waals surface area contributed by atoms with Crippen molar-refractivity contribution in [2.24, 2.45) is 0 Å². The Morgan fingerprint density at radius 2 is 2.20 bits per heavy atom. The van der Waals surface area contributed by atoms with Crippen molar-refractivity contribution >= 4 is 11.8 Å². The lowest BCUT2D eigenvalue weighted by atomic mass is 10.3. The largest absolute Gasteiger partial charge is 0.127 e. The first-order valence-electron chi connectivity index (χ1n) is 3.53. The SMILES string of the molecule is CC1C=CC=CCC=CS1. The van der Waals surface area contributed by atoms with Gasteiger partial charge in [0.1, 0.15) is 0 Å². The summed E-state index contributed by atoms with van der Waals surface area (Å²) in [6.45, 7) is 2.20. The van der Waals surface area contributed by atoms with Gasteiger partial charge in [-0.05, 0) is 18.8 Å². The van der Waals surface area contributed by atoms with Gasteiger partial charge in [-0.25, -0.2) is 0 Å². The predicted octanol–water partition coefficient (Wildman–Crippen LogP) is 3.14. The maximum absolute atomic E-state index is 2.21. The quantitative estimate of drug-likeness (QED) is 0.514. The molecule has 1 rings (SSSR count). The summed E-state index contributed by atoms with van der Waals surface area (Å²) < 4.78 is 0. The zero-order valence-corrected chi connectivity index (χ0v) is 6.97. The maximum atomic E-state index is 2.21. The molecule has 0 radical (unpaired) electrons. The third-order valence-electron chi connectivity index (χ3n) is 1.29. The highest BCUT2D eigenvalue weighted by molar-refractivity contribution is 8.02. The number of hydrogen-bond acceptors (Lipinski definition) is 1. The fourth-order valence-electron chi connectivity index (χ4n) is 0.737. The van der Waals surface area contributed by atoms with Crippen molar-refractivity contribution in [3.05, 3.63) is 35.8 Å². The molecular formula is C9H12S. The summed E-state index contributed by atoms with van der Waals surface area (Å²) in [7, 11) is 0. The summed E-state index contributed by atoms with van der Waals surface area (Å²) in [5.74, 6) is 0. The van der Waals surface area contributed by atoms with Gasteiger partial charge in [0.05, 0.1) is 0 Å². The molecule has 1 heteroatoms. The fraction of sp³-hybridized carbons (Fsp3) is 0.333. The van der Waals surface area contributed by atoms with Crippen LogP contribution in [0.15, 0.2) is 35.8 Å². The molecule has 0 fully saturated rings. The highest BCUT2D eigenvalue weighted by atomic mass is 32.2. The lowest BCUT2D eigenvalue weighted by molar-refractivity contribution is 1.25. The van der Waals surface area contributed by atoms with E-state index in [1.807, 2.05) is 11.8 Å². The molecule has 1 heterocycles. The van der Waals surface area contributed by atoms with Crippen molar-refractivity contribution in [2.75, 3.05) is 0 Å². The lowest BCUT2D eigenvalue weighted by Crippen LogP contribution is -1.84. The summed E-state index contributed by atoms with van der Waals surface area (Å²) in [4.78, 5) is 0. The molecule has 54 valence electrons. The van der Waals surface area contributed by atoms with Gasteiger partial charge >= 0.3 is 0 Å². The molecule has 0 aromatic carbocycles. The zero-order chi connectivity index (χ0) is 7.23. The van der Waals surface area contributed by atoms with E-state index in [9.17, 15) is 0 Å². The normalized spacial score (nSPS) is 25.5. The molecule has 1 atom stereocenters. The van der Waals surface area contributed by atoms with Gasteiger partial charge in [0.2, 0.25) is 0 Å². The Morgan fingerprint density at radius 1 is 1.30 bits per heavy atom. The van der Waals surface area contributed by atoms with Crippen molar-refractivity contribution in [1.29, 1.82) is 0 Å². The smallest absolute Gasteiger partial charge is 0.0243 e. The molecule has 1 aliphatic heterocycles. The Bertz CT molecular complexity index is 166. The van der Waals surface area contributed by atoms with E-state index in [2.05, 4.69) is 42.7 Å². The van der Waals surface area contributed by atoms with Gasteiger partial charge in [0.25, 0.3) is 0 Å². The minimum absolute atomic E-state index is 0.610. The van der Waals surface area contributed by atoms with Gasteiger partial charge in [-0.1, -0.05) is 30.4 Å². The van der Waals surface area contributed by atoms with Crippen LogP contribution in [0.25, 0.3) is 0 Å². The number of thioether (sulfide) groups is 1. The average Bonchev–Trinajstić information content (AvgIpc) is 2.02. The topological polar surface area (TPSA) is 0 Å². The van der Waals surface area contributed by atoms with E-state index in [-0.39, 0.29) is 0 Å². The molecule has 0 aliphatic carbocycles. The number of rotatable bonds is 0. The Morgan fingerprint density at radius 3 is 3.10 bits per heavy atom.